The van der Waals surface area contributed by atoms with Crippen LogP contribution in [0.2, 0.25) is 0 Å². The van der Waals surface area contributed by atoms with Gasteiger partial charge in [-0.25, -0.2) is 0 Å². The van der Waals surface area contributed by atoms with Crippen molar-refractivity contribution in [2.45, 2.75) is 25.2 Å². The zero-order valence-electron chi connectivity index (χ0n) is 11.7. The molecule has 0 saturated heterocycles. The first-order chi connectivity index (χ1) is 9.10. The van der Waals surface area contributed by atoms with Gasteiger partial charge in [-0.05, 0) is 37.5 Å². The molecule has 1 aliphatic rings. The molecule has 0 atom stereocenters. The number of amides is 1. The molecule has 1 saturated carbocycles. The largest absolute Gasteiger partial charge is 0.399 e. The molecule has 4 heteroatoms. The first kappa shape index (κ1) is 13.9. The number of nitrogens with two attached hydrogens (primary N) is 1. The second-order valence-corrected chi connectivity index (χ2v) is 5.13. The number of nitrogen functional groups attached to an aromatic ring is 1. The first-order valence-corrected chi connectivity index (χ1v) is 6.79. The Morgan fingerprint density at radius 2 is 2.00 bits per heavy atom. The number of benzene rings is 1. The molecule has 19 heavy (non-hydrogen) atoms. The molecule has 2 N–H and O–H groups in total. The summed E-state index contributed by atoms with van der Waals surface area (Å²) in [4.78, 5) is 14.3. The fraction of sp³-hybridized carbons (Fsp3) is 0.533. The zero-order valence-corrected chi connectivity index (χ0v) is 11.7. The zero-order chi connectivity index (χ0) is 13.9. The van der Waals surface area contributed by atoms with Gasteiger partial charge in [-0.1, -0.05) is 12.1 Å². The summed E-state index contributed by atoms with van der Waals surface area (Å²) in [5, 5.41) is 0. The van der Waals surface area contributed by atoms with E-state index >= 15 is 0 Å². The molecule has 0 heterocycles. The number of ether oxygens (including phenoxy) is 1. The van der Waals surface area contributed by atoms with Gasteiger partial charge in [0.25, 0.3) is 0 Å². The van der Waals surface area contributed by atoms with E-state index in [1.807, 2.05) is 38.2 Å². The highest BCUT2D eigenvalue weighted by Gasteiger charge is 2.52. The summed E-state index contributed by atoms with van der Waals surface area (Å²) in [6.45, 7) is 3.88. The average Bonchev–Trinajstić information content (AvgIpc) is 3.20. The molecule has 0 radical (unpaired) electrons. The third kappa shape index (κ3) is 2.89. The molecule has 0 unspecified atom stereocenters. The molecule has 0 aromatic heterocycles. The molecule has 1 fully saturated rings. The molecule has 1 aliphatic carbocycles. The Bertz CT molecular complexity index is 438. The van der Waals surface area contributed by atoms with Crippen molar-refractivity contribution in [2.75, 3.05) is 32.5 Å². The Kier molecular flexibility index (Phi) is 4.10. The minimum Gasteiger partial charge on any atom is -0.399 e. The van der Waals surface area contributed by atoms with Crippen molar-refractivity contribution < 1.29 is 9.53 Å². The summed E-state index contributed by atoms with van der Waals surface area (Å²) in [5.41, 5.74) is 7.20. The van der Waals surface area contributed by atoms with Crippen molar-refractivity contribution in [3.05, 3.63) is 29.8 Å². The number of rotatable bonds is 6. The van der Waals surface area contributed by atoms with Crippen LogP contribution in [0.1, 0.15) is 25.3 Å². The van der Waals surface area contributed by atoms with E-state index in [0.29, 0.717) is 19.8 Å². The molecule has 0 spiro atoms. The van der Waals surface area contributed by atoms with Crippen molar-refractivity contribution >= 4 is 11.6 Å². The SMILES string of the molecule is CCOCCN(C)C(=O)C1(c2ccc(N)cc2)CC1. The lowest BCUT2D eigenvalue weighted by molar-refractivity contribution is -0.133. The molecule has 4 nitrogen and oxygen atoms in total. The van der Waals surface area contributed by atoms with Crippen molar-refractivity contribution in [1.29, 1.82) is 0 Å². The van der Waals surface area contributed by atoms with Gasteiger partial charge in [-0.3, -0.25) is 4.79 Å². The van der Waals surface area contributed by atoms with E-state index in [2.05, 4.69) is 0 Å². The summed E-state index contributed by atoms with van der Waals surface area (Å²) in [5.74, 6) is 0.192. The number of carbonyl (C=O) groups excluding carboxylic acids is 1. The van der Waals surface area contributed by atoms with Crippen LogP contribution >= 0.6 is 0 Å². The van der Waals surface area contributed by atoms with E-state index < -0.39 is 0 Å². The second kappa shape index (κ2) is 5.61. The highest BCUT2D eigenvalue weighted by molar-refractivity contribution is 5.91. The van der Waals surface area contributed by atoms with Crippen molar-refractivity contribution in [3.63, 3.8) is 0 Å². The number of carbonyl (C=O) groups is 1. The number of nitrogens with zero attached hydrogens (tertiary/aromatic N) is 1. The van der Waals surface area contributed by atoms with Gasteiger partial charge in [0.15, 0.2) is 0 Å². The van der Waals surface area contributed by atoms with Crippen LogP contribution in [0, 0.1) is 0 Å². The predicted octanol–water partition coefficient (Wildman–Crippen LogP) is 1.80. The molecule has 2 rings (SSSR count). The molecular formula is C15H22N2O2. The average molecular weight is 262 g/mol. The van der Waals surface area contributed by atoms with Gasteiger partial charge in [-0.15, -0.1) is 0 Å². The van der Waals surface area contributed by atoms with E-state index in [1.54, 1.807) is 4.90 Å². The summed E-state index contributed by atoms with van der Waals surface area (Å²) < 4.78 is 5.30. The minimum absolute atomic E-state index is 0.192. The quantitative estimate of drug-likeness (QED) is 0.628. The molecule has 0 bridgehead atoms. The maximum Gasteiger partial charge on any atom is 0.233 e. The third-order valence-corrected chi connectivity index (χ3v) is 3.74. The standard InChI is InChI=1S/C15H22N2O2/c1-3-19-11-10-17(2)14(18)15(8-9-15)12-4-6-13(16)7-5-12/h4-7H,3,8-11,16H2,1-2H3. The summed E-state index contributed by atoms with van der Waals surface area (Å²) in [7, 11) is 1.85. The molecule has 104 valence electrons. The number of hydrogen-bond donors (Lipinski definition) is 1. The first-order valence-electron chi connectivity index (χ1n) is 6.79. The van der Waals surface area contributed by atoms with E-state index in [-0.39, 0.29) is 11.3 Å². The third-order valence-electron chi connectivity index (χ3n) is 3.74. The molecule has 1 aromatic carbocycles. The van der Waals surface area contributed by atoms with Crippen LogP contribution in [0.25, 0.3) is 0 Å². The van der Waals surface area contributed by atoms with Crippen LogP contribution in [0.4, 0.5) is 5.69 Å². The Labute approximate surface area is 114 Å². The normalized spacial score (nSPS) is 16.1. The van der Waals surface area contributed by atoms with Gasteiger partial charge in [-0.2, -0.15) is 0 Å². The van der Waals surface area contributed by atoms with Crippen LogP contribution in [-0.2, 0) is 14.9 Å². The monoisotopic (exact) mass is 262 g/mol. The summed E-state index contributed by atoms with van der Waals surface area (Å²) in [6.07, 6.45) is 1.85. The topological polar surface area (TPSA) is 55.6 Å². The van der Waals surface area contributed by atoms with Gasteiger partial charge in [0.05, 0.1) is 12.0 Å². The van der Waals surface area contributed by atoms with Gasteiger partial charge in [0.1, 0.15) is 0 Å². The van der Waals surface area contributed by atoms with Gasteiger partial charge in [0, 0.05) is 25.9 Å². The van der Waals surface area contributed by atoms with E-state index in [9.17, 15) is 4.79 Å². The van der Waals surface area contributed by atoms with E-state index in [0.717, 1.165) is 24.1 Å². The van der Waals surface area contributed by atoms with Crippen LogP contribution in [0.15, 0.2) is 24.3 Å². The lowest BCUT2D eigenvalue weighted by atomic mass is 9.94. The van der Waals surface area contributed by atoms with E-state index in [4.69, 9.17) is 10.5 Å². The number of anilines is 1. The van der Waals surface area contributed by atoms with Crippen LogP contribution in [0.5, 0.6) is 0 Å². The lowest BCUT2D eigenvalue weighted by Crippen LogP contribution is -2.38. The van der Waals surface area contributed by atoms with Gasteiger partial charge in [0.2, 0.25) is 5.91 Å². The smallest absolute Gasteiger partial charge is 0.233 e. The number of hydrogen-bond acceptors (Lipinski definition) is 3. The molecule has 0 aliphatic heterocycles. The highest BCUT2D eigenvalue weighted by Crippen LogP contribution is 2.49. The molecule has 1 amide bonds. The van der Waals surface area contributed by atoms with Crippen molar-refractivity contribution in [1.82, 2.24) is 4.90 Å². The Hall–Kier alpha value is -1.55. The maximum absolute atomic E-state index is 12.5. The predicted molar refractivity (Wildman–Crippen MR) is 75.9 cm³/mol. The fourth-order valence-electron chi connectivity index (χ4n) is 2.37. The van der Waals surface area contributed by atoms with Crippen molar-refractivity contribution in [3.8, 4) is 0 Å². The lowest BCUT2D eigenvalue weighted by Gasteiger charge is -2.24. The molecule has 1 aromatic rings. The minimum atomic E-state index is -0.311. The molecular weight excluding hydrogens is 240 g/mol. The van der Waals surface area contributed by atoms with Crippen LogP contribution in [-0.4, -0.2) is 37.6 Å². The summed E-state index contributed by atoms with van der Waals surface area (Å²) >= 11 is 0. The Morgan fingerprint density at radius 1 is 1.37 bits per heavy atom. The maximum atomic E-state index is 12.5. The van der Waals surface area contributed by atoms with Crippen LogP contribution < -0.4 is 5.73 Å². The highest BCUT2D eigenvalue weighted by atomic mass is 16.5. The van der Waals surface area contributed by atoms with Gasteiger partial charge < -0.3 is 15.4 Å². The fourth-order valence-corrected chi connectivity index (χ4v) is 2.37. The number of likely N-dealkylation sites (N-methyl/N-ethyl adjacent to an activating group) is 1. The van der Waals surface area contributed by atoms with Crippen molar-refractivity contribution in [2.24, 2.45) is 0 Å². The second-order valence-electron chi connectivity index (χ2n) is 5.13. The Morgan fingerprint density at radius 3 is 2.53 bits per heavy atom. The van der Waals surface area contributed by atoms with E-state index in [1.165, 1.54) is 0 Å². The van der Waals surface area contributed by atoms with Crippen LogP contribution in [0.3, 0.4) is 0 Å². The Balaban J connectivity index is 2.03. The van der Waals surface area contributed by atoms with Gasteiger partial charge >= 0.3 is 0 Å². The summed E-state index contributed by atoms with van der Waals surface area (Å²) in [6, 6.07) is 7.67.